The van der Waals surface area contributed by atoms with Crippen molar-refractivity contribution in [1.29, 1.82) is 0 Å². The Labute approximate surface area is 202 Å². The van der Waals surface area contributed by atoms with Gasteiger partial charge in [0, 0.05) is 11.1 Å². The van der Waals surface area contributed by atoms with E-state index in [4.69, 9.17) is 9.15 Å². The van der Waals surface area contributed by atoms with Gasteiger partial charge in [-0.05, 0) is 47.9 Å². The van der Waals surface area contributed by atoms with Crippen molar-refractivity contribution < 1.29 is 18.7 Å². The zero-order valence-corrected chi connectivity index (χ0v) is 18.8. The van der Waals surface area contributed by atoms with Gasteiger partial charge < -0.3 is 14.5 Å². The zero-order valence-electron chi connectivity index (χ0n) is 18.8. The van der Waals surface area contributed by atoms with Crippen LogP contribution >= 0.6 is 0 Å². The lowest BCUT2D eigenvalue weighted by Crippen LogP contribution is -2.21. The Balaban J connectivity index is 1.30. The molecule has 35 heavy (non-hydrogen) atoms. The predicted molar refractivity (Wildman–Crippen MR) is 134 cm³/mol. The van der Waals surface area contributed by atoms with Crippen LogP contribution in [0.25, 0.3) is 22.4 Å². The summed E-state index contributed by atoms with van der Waals surface area (Å²) in [5.74, 6) is -0.481. The van der Waals surface area contributed by atoms with E-state index in [1.54, 1.807) is 30.5 Å². The van der Waals surface area contributed by atoms with Crippen molar-refractivity contribution in [3.63, 3.8) is 0 Å². The second kappa shape index (κ2) is 10.1. The van der Waals surface area contributed by atoms with Crippen LogP contribution in [-0.2, 0) is 16.0 Å². The average molecular weight is 463 g/mol. The normalized spacial score (nSPS) is 10.7. The third-order valence-electron chi connectivity index (χ3n) is 5.57. The van der Waals surface area contributed by atoms with E-state index in [-0.39, 0.29) is 0 Å². The third-order valence-corrected chi connectivity index (χ3v) is 5.57. The predicted octanol–water partition coefficient (Wildman–Crippen LogP) is 5.88. The fourth-order valence-corrected chi connectivity index (χ4v) is 3.90. The molecule has 2 heterocycles. The lowest BCUT2D eigenvalue weighted by molar-refractivity contribution is -0.119. The third kappa shape index (κ3) is 5.12. The number of rotatable bonds is 7. The summed E-state index contributed by atoms with van der Waals surface area (Å²) in [6, 6.07) is 30.0. The first-order valence-electron chi connectivity index (χ1n) is 11.2. The number of carbonyl (C=O) groups is 2. The van der Waals surface area contributed by atoms with Crippen molar-refractivity contribution >= 4 is 28.5 Å². The molecule has 0 aliphatic rings. The zero-order chi connectivity index (χ0) is 24.0. The molecule has 0 bridgehead atoms. The van der Waals surface area contributed by atoms with Crippen LogP contribution < -0.4 is 5.32 Å². The molecule has 0 atom stereocenters. The van der Waals surface area contributed by atoms with Crippen molar-refractivity contribution in [2.45, 2.75) is 6.42 Å². The Morgan fingerprint density at radius 2 is 1.63 bits per heavy atom. The quantitative estimate of drug-likeness (QED) is 0.306. The summed E-state index contributed by atoms with van der Waals surface area (Å²) in [7, 11) is 0. The maximum atomic E-state index is 13.0. The number of esters is 1. The molecule has 0 saturated heterocycles. The highest BCUT2D eigenvalue weighted by atomic mass is 16.5. The summed E-state index contributed by atoms with van der Waals surface area (Å²) in [4.78, 5) is 30.2. The lowest BCUT2D eigenvalue weighted by Gasteiger charge is -2.12. The largest absolute Gasteiger partial charge is 0.463 e. The molecule has 2 aromatic heterocycles. The number of amides is 1. The maximum absolute atomic E-state index is 13.0. The van der Waals surface area contributed by atoms with Crippen LogP contribution in [0, 0.1) is 0 Å². The first-order chi connectivity index (χ1) is 17.2. The van der Waals surface area contributed by atoms with Crippen molar-refractivity contribution in [3.05, 3.63) is 120 Å². The summed E-state index contributed by atoms with van der Waals surface area (Å²) in [6.07, 6.45) is 2.22. The highest BCUT2D eigenvalue weighted by Gasteiger charge is 2.18. The minimum absolute atomic E-state index is 0.319. The number of nitrogens with one attached hydrogen (secondary N) is 1. The monoisotopic (exact) mass is 462 g/mol. The van der Waals surface area contributed by atoms with Gasteiger partial charge in [-0.15, -0.1) is 0 Å². The summed E-state index contributed by atoms with van der Waals surface area (Å²) >= 11 is 0. The smallest absolute Gasteiger partial charge is 0.339 e. The number of aromatic nitrogens is 1. The molecule has 6 nitrogen and oxygen atoms in total. The average Bonchev–Trinajstić information content (AvgIpc) is 3.44. The molecule has 0 aliphatic carbocycles. The molecule has 172 valence electrons. The highest BCUT2D eigenvalue weighted by Crippen LogP contribution is 2.26. The molecule has 0 fully saturated rings. The number of benzene rings is 3. The molecule has 1 amide bonds. The van der Waals surface area contributed by atoms with Crippen molar-refractivity contribution in [2.24, 2.45) is 0 Å². The fraction of sp³-hybridized carbons (Fsp3) is 0.0690. The number of anilines is 1. The molecule has 3 aromatic carbocycles. The number of carbonyl (C=O) groups excluding carboxylic acids is 2. The molecule has 0 unspecified atom stereocenters. The van der Waals surface area contributed by atoms with E-state index in [0.717, 1.165) is 11.1 Å². The van der Waals surface area contributed by atoms with Crippen LogP contribution in [0.15, 0.2) is 108 Å². The molecule has 5 aromatic rings. The van der Waals surface area contributed by atoms with Gasteiger partial charge in [0.25, 0.3) is 5.91 Å². The van der Waals surface area contributed by atoms with Crippen molar-refractivity contribution in [3.8, 4) is 11.5 Å². The van der Waals surface area contributed by atoms with Crippen LogP contribution in [0.5, 0.6) is 0 Å². The van der Waals surface area contributed by atoms with Gasteiger partial charge in [-0.1, -0.05) is 66.7 Å². The van der Waals surface area contributed by atoms with Crippen LogP contribution in [0.4, 0.5) is 5.69 Å². The first-order valence-corrected chi connectivity index (χ1v) is 11.2. The van der Waals surface area contributed by atoms with Crippen LogP contribution in [0.3, 0.4) is 0 Å². The minimum Gasteiger partial charge on any atom is -0.463 e. The van der Waals surface area contributed by atoms with E-state index < -0.39 is 18.5 Å². The maximum Gasteiger partial charge on any atom is 0.339 e. The van der Waals surface area contributed by atoms with Crippen LogP contribution in [-0.4, -0.2) is 23.5 Å². The highest BCUT2D eigenvalue weighted by molar-refractivity contribution is 6.05. The number of ether oxygens (including phenoxy) is 1. The summed E-state index contributed by atoms with van der Waals surface area (Å²) < 4.78 is 10.8. The number of para-hydroxylation sites is 2. The number of furan rings is 1. The Morgan fingerprint density at radius 1 is 0.857 bits per heavy atom. The molecular formula is C29H22N2O4. The SMILES string of the molecule is O=C(COC(=O)c1cc(-c2ccco2)nc2ccccc12)Nc1ccccc1Cc1ccccc1. The number of nitrogens with zero attached hydrogens (tertiary/aromatic N) is 1. The van der Waals surface area contributed by atoms with Gasteiger partial charge in [0.15, 0.2) is 12.4 Å². The summed E-state index contributed by atoms with van der Waals surface area (Å²) in [5.41, 5.74) is 4.26. The number of hydrogen-bond acceptors (Lipinski definition) is 5. The Kier molecular flexibility index (Phi) is 6.35. The number of hydrogen-bond donors (Lipinski definition) is 1. The van der Waals surface area contributed by atoms with Gasteiger partial charge >= 0.3 is 5.97 Å². The molecule has 5 rings (SSSR count). The number of fused-ring (bicyclic) bond motifs is 1. The van der Waals surface area contributed by atoms with E-state index in [1.807, 2.05) is 72.8 Å². The van der Waals surface area contributed by atoms with Gasteiger partial charge in [-0.3, -0.25) is 4.79 Å². The summed E-state index contributed by atoms with van der Waals surface area (Å²) in [5, 5.41) is 3.51. The molecule has 1 N–H and O–H groups in total. The lowest BCUT2D eigenvalue weighted by atomic mass is 10.0. The summed E-state index contributed by atoms with van der Waals surface area (Å²) in [6.45, 7) is -0.411. The van der Waals surface area contributed by atoms with E-state index in [1.165, 1.54) is 0 Å². The molecule has 0 radical (unpaired) electrons. The second-order valence-electron chi connectivity index (χ2n) is 7.99. The van der Waals surface area contributed by atoms with Gasteiger partial charge in [0.1, 0.15) is 5.69 Å². The van der Waals surface area contributed by atoms with E-state index >= 15 is 0 Å². The van der Waals surface area contributed by atoms with Crippen molar-refractivity contribution in [2.75, 3.05) is 11.9 Å². The van der Waals surface area contributed by atoms with Gasteiger partial charge in [-0.2, -0.15) is 0 Å². The minimum atomic E-state index is -0.607. The molecular weight excluding hydrogens is 440 g/mol. The number of pyridine rings is 1. The molecule has 0 spiro atoms. The standard InChI is InChI=1S/C29H22N2O4/c32-28(31-24-13-6-4-11-21(24)17-20-9-2-1-3-10-20)19-35-29(33)23-18-26(27-15-8-16-34-27)30-25-14-7-5-12-22(23)25/h1-16,18H,17,19H2,(H,31,32). The Morgan fingerprint density at radius 3 is 2.46 bits per heavy atom. The van der Waals surface area contributed by atoms with Gasteiger partial charge in [-0.25, -0.2) is 9.78 Å². The van der Waals surface area contributed by atoms with Crippen LogP contribution in [0.2, 0.25) is 0 Å². The van der Waals surface area contributed by atoms with E-state index in [2.05, 4.69) is 10.3 Å². The molecule has 6 heteroatoms. The van der Waals surface area contributed by atoms with Crippen molar-refractivity contribution in [1.82, 2.24) is 4.98 Å². The van der Waals surface area contributed by atoms with Crippen LogP contribution in [0.1, 0.15) is 21.5 Å². The Bertz CT molecular complexity index is 1480. The van der Waals surface area contributed by atoms with E-state index in [9.17, 15) is 9.59 Å². The molecule has 0 saturated carbocycles. The Hall–Kier alpha value is -4.71. The van der Waals surface area contributed by atoms with E-state index in [0.29, 0.717) is 40.0 Å². The van der Waals surface area contributed by atoms with Gasteiger partial charge in [0.2, 0.25) is 0 Å². The molecule has 0 aliphatic heterocycles. The fourth-order valence-electron chi connectivity index (χ4n) is 3.90. The second-order valence-corrected chi connectivity index (χ2v) is 7.99. The topological polar surface area (TPSA) is 81.4 Å². The van der Waals surface area contributed by atoms with Gasteiger partial charge in [0.05, 0.1) is 17.3 Å². The first kappa shape index (κ1) is 22.1.